The first kappa shape index (κ1) is 27.0. The van der Waals surface area contributed by atoms with Crippen molar-refractivity contribution in [2.24, 2.45) is 17.8 Å². The zero-order valence-corrected chi connectivity index (χ0v) is 21.3. The van der Waals surface area contributed by atoms with E-state index < -0.39 is 0 Å². The summed E-state index contributed by atoms with van der Waals surface area (Å²) in [5.74, 6) is 2.11. The van der Waals surface area contributed by atoms with Gasteiger partial charge < -0.3 is 0 Å². The van der Waals surface area contributed by atoms with Gasteiger partial charge in [0.05, 0.1) is 0 Å². The molecule has 0 aliphatic rings. The van der Waals surface area contributed by atoms with Crippen molar-refractivity contribution in [1.29, 1.82) is 0 Å². The van der Waals surface area contributed by atoms with E-state index >= 15 is 0 Å². The van der Waals surface area contributed by atoms with Crippen LogP contribution in [0.2, 0.25) is 0 Å². The molecule has 0 aromatic heterocycles. The summed E-state index contributed by atoms with van der Waals surface area (Å²) in [6, 6.07) is 0. The third-order valence-electron chi connectivity index (χ3n) is 7.19. The molecule has 0 heterocycles. The van der Waals surface area contributed by atoms with Gasteiger partial charge in [-0.15, -0.1) is 0 Å². The van der Waals surface area contributed by atoms with Crippen molar-refractivity contribution in [3.8, 4) is 0 Å². The number of nitrogens with zero attached hydrogens (tertiary/aromatic N) is 1. The standard InChI is InChI=1S/C26H55N/c1-13-17-19-26(20-21(5)6,23(9)15-3)27(24(10,11)12)25(16-4,18-14-2)22(7)8/h21-23H,13-20H2,1-12H3. The molecule has 0 saturated heterocycles. The van der Waals surface area contributed by atoms with E-state index in [0.29, 0.717) is 11.8 Å². The molecule has 0 fully saturated rings. The van der Waals surface area contributed by atoms with Crippen LogP contribution >= 0.6 is 0 Å². The first-order valence-electron chi connectivity index (χ1n) is 12.2. The van der Waals surface area contributed by atoms with Crippen LogP contribution in [0.15, 0.2) is 0 Å². The summed E-state index contributed by atoms with van der Waals surface area (Å²) in [5, 5.41) is 0. The fraction of sp³-hybridized carbons (Fsp3) is 1.00. The Morgan fingerprint density at radius 2 is 1.30 bits per heavy atom. The summed E-state index contributed by atoms with van der Waals surface area (Å²) >= 11 is 0. The average molecular weight is 382 g/mol. The molecule has 0 spiro atoms. The lowest BCUT2D eigenvalue weighted by Crippen LogP contribution is -2.71. The quantitative estimate of drug-likeness (QED) is 0.308. The predicted molar refractivity (Wildman–Crippen MR) is 126 cm³/mol. The van der Waals surface area contributed by atoms with Crippen LogP contribution in [0, 0.1) is 17.8 Å². The maximum absolute atomic E-state index is 3.09. The van der Waals surface area contributed by atoms with Crippen molar-refractivity contribution in [2.45, 2.75) is 151 Å². The molecule has 0 aliphatic carbocycles. The molecule has 3 unspecified atom stereocenters. The second-order valence-corrected chi connectivity index (χ2v) is 11.0. The molecule has 0 radical (unpaired) electrons. The zero-order chi connectivity index (χ0) is 21.5. The molecule has 3 atom stereocenters. The van der Waals surface area contributed by atoms with Crippen molar-refractivity contribution in [2.75, 3.05) is 0 Å². The third kappa shape index (κ3) is 6.22. The van der Waals surface area contributed by atoms with Gasteiger partial charge in [0.15, 0.2) is 0 Å². The van der Waals surface area contributed by atoms with E-state index in [2.05, 4.69) is 88.0 Å². The molecule has 0 amide bonds. The molecule has 27 heavy (non-hydrogen) atoms. The molecular weight excluding hydrogens is 326 g/mol. The normalized spacial score (nSPS) is 18.8. The van der Waals surface area contributed by atoms with Gasteiger partial charge in [-0.25, -0.2) is 0 Å². The van der Waals surface area contributed by atoms with Crippen molar-refractivity contribution < 1.29 is 0 Å². The maximum atomic E-state index is 3.09. The molecule has 164 valence electrons. The lowest BCUT2D eigenvalue weighted by Gasteiger charge is -2.64. The Balaban J connectivity index is 6.85. The van der Waals surface area contributed by atoms with Gasteiger partial charge in [0, 0.05) is 16.6 Å². The molecular formula is C26H55N. The summed E-state index contributed by atoms with van der Waals surface area (Å²) in [7, 11) is 0. The molecule has 0 rings (SSSR count). The number of unbranched alkanes of at least 4 members (excludes halogenated alkanes) is 1. The van der Waals surface area contributed by atoms with Crippen LogP contribution in [0.5, 0.6) is 0 Å². The van der Waals surface area contributed by atoms with Gasteiger partial charge in [-0.2, -0.15) is 0 Å². The van der Waals surface area contributed by atoms with Gasteiger partial charge in [0.25, 0.3) is 0 Å². The van der Waals surface area contributed by atoms with Gasteiger partial charge >= 0.3 is 0 Å². The SMILES string of the molecule is CCCCC(CC(C)C)(C(C)CC)N(C(C)(C)C)C(CC)(CCC)C(C)C. The van der Waals surface area contributed by atoms with Gasteiger partial charge in [-0.3, -0.25) is 4.90 Å². The first-order valence-corrected chi connectivity index (χ1v) is 12.2. The second-order valence-electron chi connectivity index (χ2n) is 11.0. The highest BCUT2D eigenvalue weighted by Crippen LogP contribution is 2.50. The Kier molecular flexibility index (Phi) is 11.2. The third-order valence-corrected chi connectivity index (χ3v) is 7.19. The Bertz CT molecular complexity index is 392. The van der Waals surface area contributed by atoms with Crippen molar-refractivity contribution >= 4 is 0 Å². The van der Waals surface area contributed by atoms with E-state index in [-0.39, 0.29) is 16.6 Å². The molecule has 0 aromatic carbocycles. The minimum Gasteiger partial charge on any atom is -0.287 e. The zero-order valence-electron chi connectivity index (χ0n) is 21.3. The van der Waals surface area contributed by atoms with Crippen LogP contribution in [0.4, 0.5) is 0 Å². The van der Waals surface area contributed by atoms with E-state index in [1.54, 1.807) is 0 Å². The van der Waals surface area contributed by atoms with Crippen molar-refractivity contribution in [3.63, 3.8) is 0 Å². The summed E-state index contributed by atoms with van der Waals surface area (Å²) in [5.41, 5.74) is 0.729. The topological polar surface area (TPSA) is 3.24 Å². The number of hydrogen-bond acceptors (Lipinski definition) is 1. The fourth-order valence-electron chi connectivity index (χ4n) is 6.16. The maximum Gasteiger partial charge on any atom is 0.0248 e. The highest BCUT2D eigenvalue weighted by molar-refractivity contribution is 5.09. The highest BCUT2D eigenvalue weighted by Gasteiger charge is 2.54. The summed E-state index contributed by atoms with van der Waals surface area (Å²) in [4.78, 5) is 3.09. The van der Waals surface area contributed by atoms with E-state index in [0.717, 1.165) is 5.92 Å². The lowest BCUT2D eigenvalue weighted by atomic mass is 9.65. The van der Waals surface area contributed by atoms with Crippen LogP contribution in [-0.4, -0.2) is 21.5 Å². The largest absolute Gasteiger partial charge is 0.287 e. The van der Waals surface area contributed by atoms with E-state index in [1.807, 2.05) is 0 Å². The van der Waals surface area contributed by atoms with E-state index in [1.165, 1.54) is 51.4 Å². The molecule has 0 bridgehead atoms. The number of rotatable bonds is 13. The summed E-state index contributed by atoms with van der Waals surface area (Å²) in [6.07, 6.45) is 10.4. The molecule has 1 heteroatoms. The summed E-state index contributed by atoms with van der Waals surface area (Å²) < 4.78 is 0. The highest BCUT2D eigenvalue weighted by atomic mass is 15.3. The molecule has 0 aromatic rings. The van der Waals surface area contributed by atoms with Gasteiger partial charge in [0.2, 0.25) is 0 Å². The molecule has 1 nitrogen and oxygen atoms in total. The minimum absolute atomic E-state index is 0.168. The monoisotopic (exact) mass is 381 g/mol. The first-order chi connectivity index (χ1) is 12.4. The Morgan fingerprint density at radius 1 is 0.741 bits per heavy atom. The van der Waals surface area contributed by atoms with Gasteiger partial charge in [0.1, 0.15) is 0 Å². The Morgan fingerprint density at radius 3 is 1.59 bits per heavy atom. The lowest BCUT2D eigenvalue weighted by molar-refractivity contribution is -0.147. The molecule has 0 N–H and O–H groups in total. The van der Waals surface area contributed by atoms with Crippen LogP contribution in [-0.2, 0) is 0 Å². The van der Waals surface area contributed by atoms with Crippen molar-refractivity contribution in [1.82, 2.24) is 4.90 Å². The van der Waals surface area contributed by atoms with Crippen LogP contribution in [0.3, 0.4) is 0 Å². The van der Waals surface area contributed by atoms with E-state index in [4.69, 9.17) is 0 Å². The predicted octanol–water partition coefficient (Wildman–Crippen LogP) is 8.71. The Labute approximate surface area is 174 Å². The van der Waals surface area contributed by atoms with Gasteiger partial charge in [-0.05, 0) is 64.2 Å². The van der Waals surface area contributed by atoms with Crippen LogP contribution in [0.25, 0.3) is 0 Å². The summed E-state index contributed by atoms with van der Waals surface area (Å²) in [6.45, 7) is 29.4. The van der Waals surface area contributed by atoms with Gasteiger partial charge in [-0.1, -0.05) is 88.0 Å². The van der Waals surface area contributed by atoms with Crippen LogP contribution < -0.4 is 0 Å². The Hall–Kier alpha value is -0.0400. The number of hydrogen-bond donors (Lipinski definition) is 0. The minimum atomic E-state index is 0.168. The fourth-order valence-corrected chi connectivity index (χ4v) is 6.16. The average Bonchev–Trinajstić information content (AvgIpc) is 2.56. The van der Waals surface area contributed by atoms with Crippen LogP contribution in [0.1, 0.15) is 134 Å². The molecule has 0 saturated carbocycles. The molecule has 0 aliphatic heterocycles. The second kappa shape index (κ2) is 11.2. The van der Waals surface area contributed by atoms with E-state index in [9.17, 15) is 0 Å². The van der Waals surface area contributed by atoms with Crippen molar-refractivity contribution in [3.05, 3.63) is 0 Å². The smallest absolute Gasteiger partial charge is 0.0248 e.